The lowest BCUT2D eigenvalue weighted by molar-refractivity contribution is 0.135. The minimum Gasteiger partial charge on any atom is -0.381 e. The SMILES string of the molecule is CC(NC(=O)NCCCOCCc1ccccc1)c1ccccc1Br. The van der Waals surface area contributed by atoms with E-state index in [1.165, 1.54) is 5.56 Å². The fourth-order valence-electron chi connectivity index (χ4n) is 2.46. The molecule has 0 aromatic heterocycles. The van der Waals surface area contributed by atoms with Crippen molar-refractivity contribution >= 4 is 22.0 Å². The quantitative estimate of drug-likeness (QED) is 0.606. The van der Waals surface area contributed by atoms with E-state index >= 15 is 0 Å². The van der Waals surface area contributed by atoms with Gasteiger partial charge < -0.3 is 15.4 Å². The van der Waals surface area contributed by atoms with Gasteiger partial charge in [0, 0.05) is 17.6 Å². The van der Waals surface area contributed by atoms with Crippen molar-refractivity contribution in [3.8, 4) is 0 Å². The van der Waals surface area contributed by atoms with Gasteiger partial charge in [0.25, 0.3) is 0 Å². The van der Waals surface area contributed by atoms with Crippen LogP contribution in [0.2, 0.25) is 0 Å². The van der Waals surface area contributed by atoms with Crippen molar-refractivity contribution in [1.29, 1.82) is 0 Å². The Bertz CT molecular complexity index is 649. The Morgan fingerprint density at radius 2 is 1.80 bits per heavy atom. The average Bonchev–Trinajstić information content (AvgIpc) is 2.62. The van der Waals surface area contributed by atoms with Crippen LogP contribution >= 0.6 is 15.9 Å². The molecule has 1 unspecified atom stereocenters. The van der Waals surface area contributed by atoms with Crippen molar-refractivity contribution in [3.05, 3.63) is 70.2 Å². The summed E-state index contributed by atoms with van der Waals surface area (Å²) in [5.41, 5.74) is 2.34. The van der Waals surface area contributed by atoms with Crippen LogP contribution in [-0.2, 0) is 11.2 Å². The normalized spacial score (nSPS) is 11.8. The van der Waals surface area contributed by atoms with Crippen molar-refractivity contribution in [3.63, 3.8) is 0 Å². The molecule has 0 spiro atoms. The molecule has 0 aliphatic heterocycles. The number of ether oxygens (including phenoxy) is 1. The first-order chi connectivity index (χ1) is 12.2. The van der Waals surface area contributed by atoms with Crippen molar-refractivity contribution < 1.29 is 9.53 Å². The van der Waals surface area contributed by atoms with E-state index in [1.807, 2.05) is 49.4 Å². The van der Waals surface area contributed by atoms with Crippen molar-refractivity contribution in [2.75, 3.05) is 19.8 Å². The van der Waals surface area contributed by atoms with E-state index in [0.717, 1.165) is 22.9 Å². The Kier molecular flexibility index (Phi) is 8.49. The third-order valence-corrected chi connectivity index (χ3v) is 4.57. The molecule has 25 heavy (non-hydrogen) atoms. The zero-order chi connectivity index (χ0) is 17.9. The van der Waals surface area contributed by atoms with Gasteiger partial charge in [0.1, 0.15) is 0 Å². The predicted octanol–water partition coefficient (Wildman–Crippen LogP) is 4.46. The fraction of sp³-hybridized carbons (Fsp3) is 0.350. The Morgan fingerprint density at radius 1 is 1.08 bits per heavy atom. The zero-order valence-corrected chi connectivity index (χ0v) is 16.1. The summed E-state index contributed by atoms with van der Waals surface area (Å²) in [4.78, 5) is 11.9. The fourth-order valence-corrected chi connectivity index (χ4v) is 3.09. The summed E-state index contributed by atoms with van der Waals surface area (Å²) < 4.78 is 6.60. The Labute approximate surface area is 158 Å². The molecular formula is C20H25BrN2O2. The van der Waals surface area contributed by atoms with Crippen LogP contribution in [0.4, 0.5) is 4.79 Å². The summed E-state index contributed by atoms with van der Waals surface area (Å²) in [6.45, 7) is 3.91. The van der Waals surface area contributed by atoms with Gasteiger partial charge >= 0.3 is 6.03 Å². The van der Waals surface area contributed by atoms with Gasteiger partial charge in [-0.2, -0.15) is 0 Å². The number of rotatable bonds is 9. The van der Waals surface area contributed by atoms with Crippen LogP contribution < -0.4 is 10.6 Å². The minimum atomic E-state index is -0.160. The van der Waals surface area contributed by atoms with Crippen LogP contribution in [0.3, 0.4) is 0 Å². The van der Waals surface area contributed by atoms with Crippen LogP contribution in [0, 0.1) is 0 Å². The second-order valence-corrected chi connectivity index (χ2v) is 6.70. The molecule has 0 fully saturated rings. The first-order valence-electron chi connectivity index (χ1n) is 8.57. The highest BCUT2D eigenvalue weighted by Crippen LogP contribution is 2.22. The van der Waals surface area contributed by atoms with E-state index in [0.29, 0.717) is 19.8 Å². The molecule has 2 N–H and O–H groups in total. The number of hydrogen-bond donors (Lipinski definition) is 2. The van der Waals surface area contributed by atoms with E-state index in [4.69, 9.17) is 4.74 Å². The summed E-state index contributed by atoms with van der Waals surface area (Å²) in [5, 5.41) is 5.81. The van der Waals surface area contributed by atoms with Gasteiger partial charge in [-0.3, -0.25) is 0 Å². The Morgan fingerprint density at radius 3 is 2.56 bits per heavy atom. The molecule has 4 nitrogen and oxygen atoms in total. The highest BCUT2D eigenvalue weighted by atomic mass is 79.9. The summed E-state index contributed by atoms with van der Waals surface area (Å²) in [5.74, 6) is 0. The van der Waals surface area contributed by atoms with Crippen molar-refractivity contribution in [2.24, 2.45) is 0 Å². The van der Waals surface area contributed by atoms with Gasteiger partial charge in [-0.25, -0.2) is 4.79 Å². The lowest BCUT2D eigenvalue weighted by Gasteiger charge is -2.16. The van der Waals surface area contributed by atoms with Gasteiger partial charge in [0.15, 0.2) is 0 Å². The zero-order valence-electron chi connectivity index (χ0n) is 14.5. The minimum absolute atomic E-state index is 0.0577. The predicted molar refractivity (Wildman–Crippen MR) is 105 cm³/mol. The number of benzene rings is 2. The summed E-state index contributed by atoms with van der Waals surface area (Å²) >= 11 is 3.50. The molecule has 0 aliphatic carbocycles. The number of urea groups is 1. The average molecular weight is 405 g/mol. The topological polar surface area (TPSA) is 50.4 Å². The molecule has 0 aliphatic rings. The molecule has 134 valence electrons. The molecule has 2 rings (SSSR count). The maximum atomic E-state index is 11.9. The van der Waals surface area contributed by atoms with Crippen LogP contribution in [0.15, 0.2) is 59.1 Å². The number of carbonyl (C=O) groups is 1. The van der Waals surface area contributed by atoms with Crippen molar-refractivity contribution in [2.45, 2.75) is 25.8 Å². The first kappa shape index (κ1) is 19.5. The summed E-state index contributed by atoms with van der Waals surface area (Å²) in [6, 6.07) is 17.9. The lowest BCUT2D eigenvalue weighted by atomic mass is 10.1. The number of carbonyl (C=O) groups excluding carboxylic acids is 1. The molecule has 0 radical (unpaired) electrons. The smallest absolute Gasteiger partial charge is 0.315 e. The first-order valence-corrected chi connectivity index (χ1v) is 9.36. The largest absolute Gasteiger partial charge is 0.381 e. The second kappa shape index (κ2) is 10.9. The van der Waals surface area contributed by atoms with Gasteiger partial charge in [-0.05, 0) is 37.0 Å². The molecular weight excluding hydrogens is 380 g/mol. The third kappa shape index (κ3) is 7.28. The lowest BCUT2D eigenvalue weighted by Crippen LogP contribution is -2.37. The Hall–Kier alpha value is -1.85. The Balaban J connectivity index is 1.54. The number of nitrogens with one attached hydrogen (secondary N) is 2. The van der Waals surface area contributed by atoms with Gasteiger partial charge in [-0.1, -0.05) is 64.5 Å². The highest BCUT2D eigenvalue weighted by Gasteiger charge is 2.11. The molecule has 0 heterocycles. The second-order valence-electron chi connectivity index (χ2n) is 5.84. The van der Waals surface area contributed by atoms with E-state index in [2.05, 4.69) is 38.7 Å². The van der Waals surface area contributed by atoms with Gasteiger partial charge in [0.2, 0.25) is 0 Å². The van der Waals surface area contributed by atoms with Gasteiger partial charge in [0.05, 0.1) is 12.6 Å². The maximum absolute atomic E-state index is 11.9. The molecule has 1 atom stereocenters. The van der Waals surface area contributed by atoms with E-state index in [1.54, 1.807) is 0 Å². The van der Waals surface area contributed by atoms with Crippen LogP contribution in [-0.4, -0.2) is 25.8 Å². The molecule has 2 aromatic carbocycles. The van der Waals surface area contributed by atoms with Gasteiger partial charge in [-0.15, -0.1) is 0 Å². The third-order valence-electron chi connectivity index (χ3n) is 3.85. The summed E-state index contributed by atoms with van der Waals surface area (Å²) in [6.07, 6.45) is 1.71. The molecule has 0 saturated heterocycles. The molecule has 5 heteroatoms. The molecule has 0 bridgehead atoms. The van der Waals surface area contributed by atoms with E-state index < -0.39 is 0 Å². The molecule has 2 aromatic rings. The monoisotopic (exact) mass is 404 g/mol. The number of hydrogen-bond acceptors (Lipinski definition) is 2. The summed E-state index contributed by atoms with van der Waals surface area (Å²) in [7, 11) is 0. The van der Waals surface area contributed by atoms with E-state index in [9.17, 15) is 4.79 Å². The van der Waals surface area contributed by atoms with E-state index in [-0.39, 0.29) is 12.1 Å². The highest BCUT2D eigenvalue weighted by molar-refractivity contribution is 9.10. The molecule has 0 saturated carbocycles. The standard InChI is InChI=1S/C20H25BrN2O2/c1-16(18-10-5-6-11-19(18)21)23-20(24)22-13-7-14-25-15-12-17-8-3-2-4-9-17/h2-6,8-11,16H,7,12-15H2,1H3,(H2,22,23,24). The number of amides is 2. The molecule has 2 amide bonds. The van der Waals surface area contributed by atoms with Crippen LogP contribution in [0.1, 0.15) is 30.5 Å². The van der Waals surface area contributed by atoms with Crippen LogP contribution in [0.5, 0.6) is 0 Å². The number of halogens is 1. The van der Waals surface area contributed by atoms with Crippen LogP contribution in [0.25, 0.3) is 0 Å². The maximum Gasteiger partial charge on any atom is 0.315 e. The van der Waals surface area contributed by atoms with Crippen molar-refractivity contribution in [1.82, 2.24) is 10.6 Å².